The minimum Gasteiger partial charge on any atom is -0.481 e. The zero-order valence-electron chi connectivity index (χ0n) is 13.0. The second-order valence-corrected chi connectivity index (χ2v) is 5.59. The lowest BCUT2D eigenvalue weighted by Crippen LogP contribution is -2.47. The van der Waals surface area contributed by atoms with Gasteiger partial charge in [-0.05, 0) is 18.1 Å². The van der Waals surface area contributed by atoms with E-state index in [1.165, 1.54) is 30.2 Å². The minimum absolute atomic E-state index is 0.00844. The number of amides is 1. The van der Waals surface area contributed by atoms with Crippen LogP contribution in [0.25, 0.3) is 0 Å². The number of carbonyl (C=O) groups excluding carboxylic acids is 1. The zero-order chi connectivity index (χ0) is 17.9. The highest BCUT2D eigenvalue weighted by atomic mass is 19.4. The molecule has 2 rings (SSSR count). The Kier molecular flexibility index (Phi) is 5.48. The summed E-state index contributed by atoms with van der Waals surface area (Å²) in [4.78, 5) is 25.0. The van der Waals surface area contributed by atoms with E-state index < -0.39 is 29.7 Å². The average molecular weight is 345 g/mol. The van der Waals surface area contributed by atoms with Gasteiger partial charge in [0.15, 0.2) is 0 Å². The van der Waals surface area contributed by atoms with E-state index in [4.69, 9.17) is 4.74 Å². The number of ether oxygens (including phenoxy) is 1. The molecule has 0 spiro atoms. The summed E-state index contributed by atoms with van der Waals surface area (Å²) in [5.41, 5.74) is -1.11. The lowest BCUT2D eigenvalue weighted by atomic mass is 9.82. The van der Waals surface area contributed by atoms with Crippen molar-refractivity contribution in [3.63, 3.8) is 0 Å². The molecule has 0 aromatic heterocycles. The third-order valence-electron chi connectivity index (χ3n) is 4.14. The van der Waals surface area contributed by atoms with Crippen molar-refractivity contribution in [2.24, 2.45) is 5.92 Å². The fraction of sp³-hybridized carbons (Fsp3) is 0.500. The second-order valence-electron chi connectivity index (χ2n) is 5.59. The summed E-state index contributed by atoms with van der Waals surface area (Å²) in [5.74, 6) is -2.68. The second kappa shape index (κ2) is 7.21. The number of piperidine rings is 1. The highest BCUT2D eigenvalue weighted by Crippen LogP contribution is 2.42. The molecule has 0 unspecified atom stereocenters. The number of halogens is 3. The van der Waals surface area contributed by atoms with Gasteiger partial charge in [0, 0.05) is 20.1 Å². The van der Waals surface area contributed by atoms with Crippen LogP contribution < -0.4 is 0 Å². The molecule has 1 saturated heterocycles. The first-order valence-corrected chi connectivity index (χ1v) is 7.44. The molecule has 0 bridgehead atoms. The van der Waals surface area contributed by atoms with Gasteiger partial charge in [-0.2, -0.15) is 13.2 Å². The number of carboxylic acid groups (broad SMARTS) is 1. The van der Waals surface area contributed by atoms with Crippen LogP contribution in [-0.4, -0.2) is 42.1 Å². The van der Waals surface area contributed by atoms with Gasteiger partial charge >= 0.3 is 12.1 Å². The smallest absolute Gasteiger partial charge is 0.416 e. The van der Waals surface area contributed by atoms with Crippen LogP contribution in [0.2, 0.25) is 0 Å². The van der Waals surface area contributed by atoms with Gasteiger partial charge in [0.2, 0.25) is 5.91 Å². The summed E-state index contributed by atoms with van der Waals surface area (Å²) in [7, 11) is 1.40. The maximum Gasteiger partial charge on any atom is 0.416 e. The van der Waals surface area contributed by atoms with Crippen molar-refractivity contribution < 1.29 is 32.6 Å². The van der Waals surface area contributed by atoms with Crippen molar-refractivity contribution in [2.45, 2.75) is 25.1 Å². The SMILES string of the molecule is COCCN1C(=O)CC[C@@H](C(=O)O)[C@@H]1c1ccccc1C(F)(F)F. The van der Waals surface area contributed by atoms with Crippen molar-refractivity contribution in [1.29, 1.82) is 0 Å². The predicted molar refractivity (Wildman–Crippen MR) is 78.1 cm³/mol. The number of rotatable bonds is 5. The molecule has 1 N–H and O–H groups in total. The number of hydrogen-bond acceptors (Lipinski definition) is 3. The van der Waals surface area contributed by atoms with E-state index in [0.29, 0.717) is 0 Å². The van der Waals surface area contributed by atoms with Gasteiger partial charge in [-0.15, -0.1) is 0 Å². The Labute approximate surface area is 137 Å². The van der Waals surface area contributed by atoms with Crippen LogP contribution in [0.4, 0.5) is 13.2 Å². The molecule has 8 heteroatoms. The van der Waals surface area contributed by atoms with E-state index in [-0.39, 0.29) is 37.5 Å². The quantitative estimate of drug-likeness (QED) is 0.891. The molecule has 1 aromatic carbocycles. The summed E-state index contributed by atoms with van der Waals surface area (Å²) in [6, 6.07) is 3.63. The number of benzene rings is 1. The van der Waals surface area contributed by atoms with Crippen LogP contribution >= 0.6 is 0 Å². The maximum absolute atomic E-state index is 13.3. The molecule has 132 valence electrons. The molecule has 1 aliphatic heterocycles. The van der Waals surface area contributed by atoms with Gasteiger partial charge in [0.05, 0.1) is 24.1 Å². The van der Waals surface area contributed by atoms with Crippen LogP contribution in [0, 0.1) is 5.92 Å². The number of carboxylic acids is 1. The molecule has 1 aliphatic rings. The van der Waals surface area contributed by atoms with Crippen LogP contribution in [-0.2, 0) is 20.5 Å². The Morgan fingerprint density at radius 1 is 1.38 bits per heavy atom. The summed E-state index contributed by atoms with van der Waals surface area (Å²) >= 11 is 0. The van der Waals surface area contributed by atoms with Gasteiger partial charge in [-0.3, -0.25) is 9.59 Å². The number of nitrogens with zero attached hydrogens (tertiary/aromatic N) is 1. The van der Waals surface area contributed by atoms with Crippen LogP contribution in [0.5, 0.6) is 0 Å². The number of alkyl halides is 3. The van der Waals surface area contributed by atoms with Crippen molar-refractivity contribution in [2.75, 3.05) is 20.3 Å². The molecule has 1 amide bonds. The van der Waals surface area contributed by atoms with Gasteiger partial charge < -0.3 is 14.7 Å². The maximum atomic E-state index is 13.3. The first-order valence-electron chi connectivity index (χ1n) is 7.44. The molecule has 5 nitrogen and oxygen atoms in total. The van der Waals surface area contributed by atoms with Crippen molar-refractivity contribution in [3.8, 4) is 0 Å². The molecule has 0 saturated carbocycles. The van der Waals surface area contributed by atoms with E-state index >= 15 is 0 Å². The monoisotopic (exact) mass is 345 g/mol. The predicted octanol–water partition coefficient (Wildman–Crippen LogP) is 2.72. The fourth-order valence-electron chi connectivity index (χ4n) is 3.06. The Morgan fingerprint density at radius 3 is 2.62 bits per heavy atom. The molecular formula is C16H18F3NO4. The summed E-state index contributed by atoms with van der Waals surface area (Å²) in [6.45, 7) is 0.152. The molecule has 1 heterocycles. The minimum atomic E-state index is -4.63. The largest absolute Gasteiger partial charge is 0.481 e. The first-order chi connectivity index (χ1) is 11.3. The standard InChI is InChI=1S/C16H18F3NO4/c1-24-9-8-20-13(21)7-6-11(15(22)23)14(20)10-4-2-3-5-12(10)16(17,18)19/h2-5,11,14H,6-9H2,1H3,(H,22,23)/t11-,14+/m1/s1. The molecule has 0 aliphatic carbocycles. The van der Waals surface area contributed by atoms with Crippen molar-refractivity contribution >= 4 is 11.9 Å². The molecular weight excluding hydrogens is 327 g/mol. The topological polar surface area (TPSA) is 66.8 Å². The van der Waals surface area contributed by atoms with Crippen molar-refractivity contribution in [3.05, 3.63) is 35.4 Å². The number of methoxy groups -OCH3 is 1. The molecule has 0 radical (unpaired) electrons. The summed E-state index contributed by atoms with van der Waals surface area (Å²) in [5, 5.41) is 9.44. The molecule has 1 fully saturated rings. The van der Waals surface area contributed by atoms with Crippen LogP contribution in [0.1, 0.15) is 30.0 Å². The average Bonchev–Trinajstić information content (AvgIpc) is 2.52. The van der Waals surface area contributed by atoms with Crippen LogP contribution in [0.3, 0.4) is 0 Å². The Balaban J connectivity index is 2.54. The fourth-order valence-corrected chi connectivity index (χ4v) is 3.06. The van der Waals surface area contributed by atoms with Gasteiger partial charge in [-0.1, -0.05) is 18.2 Å². The summed E-state index contributed by atoms with van der Waals surface area (Å²) < 4.78 is 44.9. The highest BCUT2D eigenvalue weighted by Gasteiger charge is 2.44. The van der Waals surface area contributed by atoms with E-state index in [1.54, 1.807) is 0 Å². The highest BCUT2D eigenvalue weighted by molar-refractivity contribution is 5.82. The lowest BCUT2D eigenvalue weighted by molar-refractivity contribution is -0.155. The Hall–Kier alpha value is -2.09. The third-order valence-corrected chi connectivity index (χ3v) is 4.14. The van der Waals surface area contributed by atoms with Crippen LogP contribution in [0.15, 0.2) is 24.3 Å². The molecule has 2 atom stereocenters. The summed E-state index contributed by atoms with van der Waals surface area (Å²) in [6.07, 6.45) is -4.63. The number of aliphatic carboxylic acids is 1. The van der Waals surface area contributed by atoms with Crippen molar-refractivity contribution in [1.82, 2.24) is 4.90 Å². The lowest BCUT2D eigenvalue weighted by Gasteiger charge is -2.40. The number of carbonyl (C=O) groups is 2. The van der Waals surface area contributed by atoms with E-state index in [0.717, 1.165) is 6.07 Å². The van der Waals surface area contributed by atoms with Gasteiger partial charge in [0.25, 0.3) is 0 Å². The van der Waals surface area contributed by atoms with E-state index in [1.807, 2.05) is 0 Å². The van der Waals surface area contributed by atoms with E-state index in [2.05, 4.69) is 0 Å². The normalized spacial score (nSPS) is 21.8. The Morgan fingerprint density at radius 2 is 2.04 bits per heavy atom. The zero-order valence-corrected chi connectivity index (χ0v) is 13.0. The van der Waals surface area contributed by atoms with Gasteiger partial charge in [0.1, 0.15) is 0 Å². The van der Waals surface area contributed by atoms with E-state index in [9.17, 15) is 27.9 Å². The number of likely N-dealkylation sites (tertiary alicyclic amines) is 1. The Bertz CT molecular complexity index is 618. The molecule has 1 aromatic rings. The first kappa shape index (κ1) is 18.3. The molecule has 24 heavy (non-hydrogen) atoms. The number of hydrogen-bond donors (Lipinski definition) is 1. The third kappa shape index (κ3) is 3.69. The van der Waals surface area contributed by atoms with Gasteiger partial charge in [-0.25, -0.2) is 0 Å².